The maximum absolute atomic E-state index is 10.3. The molecule has 0 spiro atoms. The molecule has 1 heterocycles. The van der Waals surface area contributed by atoms with Gasteiger partial charge in [0.05, 0.1) is 12.7 Å². The lowest BCUT2D eigenvalue weighted by molar-refractivity contribution is 0.0474. The van der Waals surface area contributed by atoms with Gasteiger partial charge in [-0.2, -0.15) is 0 Å². The fourth-order valence-electron chi connectivity index (χ4n) is 3.08. The van der Waals surface area contributed by atoms with Gasteiger partial charge in [0.1, 0.15) is 13.2 Å². The summed E-state index contributed by atoms with van der Waals surface area (Å²) in [6, 6.07) is 3.93. The van der Waals surface area contributed by atoms with Gasteiger partial charge in [0.25, 0.3) is 0 Å². The highest BCUT2D eigenvalue weighted by Crippen LogP contribution is 2.40. The van der Waals surface area contributed by atoms with Crippen LogP contribution in [-0.4, -0.2) is 37.6 Å². The van der Waals surface area contributed by atoms with Crippen LogP contribution in [-0.2, 0) is 6.54 Å². The van der Waals surface area contributed by atoms with E-state index >= 15 is 0 Å². The lowest BCUT2D eigenvalue weighted by atomic mass is 10.0. The van der Waals surface area contributed by atoms with Crippen LogP contribution in [0.2, 0.25) is 0 Å². The second-order valence-corrected chi connectivity index (χ2v) is 5.86. The van der Waals surface area contributed by atoms with E-state index in [4.69, 9.17) is 14.2 Å². The number of fused-ring (bicyclic) bond motifs is 1. The van der Waals surface area contributed by atoms with Crippen molar-refractivity contribution in [3.63, 3.8) is 0 Å². The van der Waals surface area contributed by atoms with Gasteiger partial charge in [0.2, 0.25) is 5.75 Å². The van der Waals surface area contributed by atoms with Gasteiger partial charge in [-0.1, -0.05) is 12.8 Å². The normalized spacial score (nSPS) is 19.5. The number of methoxy groups -OCH3 is 1. The van der Waals surface area contributed by atoms with E-state index in [1.165, 1.54) is 0 Å². The van der Waals surface area contributed by atoms with Gasteiger partial charge in [-0.3, -0.25) is 0 Å². The van der Waals surface area contributed by atoms with Crippen LogP contribution in [0.3, 0.4) is 0 Å². The summed E-state index contributed by atoms with van der Waals surface area (Å²) in [6.45, 7) is 2.42. The molecule has 1 aliphatic carbocycles. The quantitative estimate of drug-likeness (QED) is 0.868. The maximum atomic E-state index is 10.3. The number of rotatable bonds is 5. The Morgan fingerprint density at radius 1 is 1.24 bits per heavy atom. The molecule has 3 rings (SSSR count). The average Bonchev–Trinajstić information content (AvgIpc) is 2.93. The van der Waals surface area contributed by atoms with E-state index in [0.29, 0.717) is 37.8 Å². The molecule has 0 bridgehead atoms. The Kier molecular flexibility index (Phi) is 4.22. The molecule has 0 saturated heterocycles. The Labute approximate surface area is 125 Å². The molecular formula is C16H23NO4. The Hall–Kier alpha value is -1.46. The van der Waals surface area contributed by atoms with E-state index in [1.807, 2.05) is 12.1 Å². The van der Waals surface area contributed by atoms with Crippen molar-refractivity contribution in [2.24, 2.45) is 0 Å². The van der Waals surface area contributed by atoms with Crippen molar-refractivity contribution >= 4 is 0 Å². The molecule has 116 valence electrons. The highest BCUT2D eigenvalue weighted by Gasteiger charge is 2.30. The minimum absolute atomic E-state index is 0.530. The van der Waals surface area contributed by atoms with Gasteiger partial charge >= 0.3 is 0 Å². The molecule has 0 unspecified atom stereocenters. The van der Waals surface area contributed by atoms with Crippen LogP contribution in [0.1, 0.15) is 31.2 Å². The number of aliphatic hydroxyl groups is 1. The van der Waals surface area contributed by atoms with Gasteiger partial charge in [0.15, 0.2) is 11.5 Å². The number of benzene rings is 1. The zero-order valence-corrected chi connectivity index (χ0v) is 12.5. The first-order valence-electron chi connectivity index (χ1n) is 7.60. The summed E-state index contributed by atoms with van der Waals surface area (Å²) < 4.78 is 16.6. The standard InChI is InChI=1S/C16H23NO4/c1-19-13-8-12(9-14-15(13)21-7-6-20-14)10-17-11-16(18)4-2-3-5-16/h8-9,17-18H,2-7,10-11H2,1H3. The molecule has 0 radical (unpaired) electrons. The number of hydrogen-bond acceptors (Lipinski definition) is 5. The van der Waals surface area contributed by atoms with E-state index in [2.05, 4.69) is 5.32 Å². The van der Waals surface area contributed by atoms with Gasteiger partial charge < -0.3 is 24.6 Å². The molecule has 1 fully saturated rings. The van der Waals surface area contributed by atoms with Crippen LogP contribution in [0.25, 0.3) is 0 Å². The fourth-order valence-corrected chi connectivity index (χ4v) is 3.08. The summed E-state index contributed by atoms with van der Waals surface area (Å²) in [5.41, 5.74) is 0.537. The molecule has 1 aromatic carbocycles. The van der Waals surface area contributed by atoms with Crippen LogP contribution in [0.5, 0.6) is 17.2 Å². The first-order chi connectivity index (χ1) is 10.2. The predicted molar refractivity (Wildman–Crippen MR) is 79.1 cm³/mol. The van der Waals surface area contributed by atoms with E-state index in [0.717, 1.165) is 37.0 Å². The molecule has 5 nitrogen and oxygen atoms in total. The van der Waals surface area contributed by atoms with E-state index in [9.17, 15) is 5.11 Å². The number of nitrogens with one attached hydrogen (secondary N) is 1. The van der Waals surface area contributed by atoms with Crippen LogP contribution in [0, 0.1) is 0 Å². The number of hydrogen-bond donors (Lipinski definition) is 2. The highest BCUT2D eigenvalue weighted by molar-refractivity contribution is 5.54. The number of ether oxygens (including phenoxy) is 3. The van der Waals surface area contributed by atoms with Gasteiger partial charge in [0, 0.05) is 13.1 Å². The van der Waals surface area contributed by atoms with Gasteiger partial charge in [-0.25, -0.2) is 0 Å². The minimum Gasteiger partial charge on any atom is -0.493 e. The summed E-state index contributed by atoms with van der Waals surface area (Å²) in [5, 5.41) is 13.7. The third kappa shape index (κ3) is 3.24. The van der Waals surface area contributed by atoms with Crippen molar-refractivity contribution in [2.45, 2.75) is 37.8 Å². The molecule has 2 aliphatic rings. The third-order valence-corrected chi connectivity index (χ3v) is 4.21. The van der Waals surface area contributed by atoms with Crippen LogP contribution >= 0.6 is 0 Å². The summed E-state index contributed by atoms with van der Waals surface area (Å²) in [6.07, 6.45) is 4.03. The summed E-state index contributed by atoms with van der Waals surface area (Å²) in [5.74, 6) is 2.11. The van der Waals surface area contributed by atoms with E-state index < -0.39 is 5.60 Å². The minimum atomic E-state index is -0.530. The highest BCUT2D eigenvalue weighted by atomic mass is 16.6. The zero-order valence-electron chi connectivity index (χ0n) is 12.5. The molecule has 2 N–H and O–H groups in total. The lowest BCUT2D eigenvalue weighted by Crippen LogP contribution is -2.37. The fraction of sp³-hybridized carbons (Fsp3) is 0.625. The second kappa shape index (κ2) is 6.12. The Morgan fingerprint density at radius 3 is 2.76 bits per heavy atom. The van der Waals surface area contributed by atoms with E-state index in [-0.39, 0.29) is 0 Å². The summed E-state index contributed by atoms with van der Waals surface area (Å²) in [7, 11) is 1.63. The van der Waals surface area contributed by atoms with Crippen molar-refractivity contribution in [1.29, 1.82) is 0 Å². The second-order valence-electron chi connectivity index (χ2n) is 5.86. The molecular weight excluding hydrogens is 270 g/mol. The first-order valence-corrected chi connectivity index (χ1v) is 7.60. The molecule has 0 amide bonds. The monoisotopic (exact) mass is 293 g/mol. The smallest absolute Gasteiger partial charge is 0.203 e. The molecule has 1 saturated carbocycles. The zero-order chi connectivity index (χ0) is 14.7. The van der Waals surface area contributed by atoms with Crippen LogP contribution in [0.4, 0.5) is 0 Å². The predicted octanol–water partition coefficient (Wildman–Crippen LogP) is 1.86. The molecule has 1 aromatic rings. The Bertz CT molecular complexity index is 480. The largest absolute Gasteiger partial charge is 0.493 e. The van der Waals surface area contributed by atoms with E-state index in [1.54, 1.807) is 7.11 Å². The van der Waals surface area contributed by atoms with Gasteiger partial charge in [-0.15, -0.1) is 0 Å². The van der Waals surface area contributed by atoms with Crippen molar-refractivity contribution in [1.82, 2.24) is 5.32 Å². The topological polar surface area (TPSA) is 60.0 Å². The Morgan fingerprint density at radius 2 is 2.00 bits per heavy atom. The molecule has 0 atom stereocenters. The Balaban J connectivity index is 1.65. The summed E-state index contributed by atoms with van der Waals surface area (Å²) >= 11 is 0. The SMILES string of the molecule is COc1cc(CNCC2(O)CCCC2)cc2c1OCCO2. The van der Waals surface area contributed by atoms with Crippen LogP contribution < -0.4 is 19.5 Å². The average molecular weight is 293 g/mol. The van der Waals surface area contributed by atoms with Crippen molar-refractivity contribution in [2.75, 3.05) is 26.9 Å². The van der Waals surface area contributed by atoms with Crippen molar-refractivity contribution in [3.8, 4) is 17.2 Å². The molecule has 0 aromatic heterocycles. The van der Waals surface area contributed by atoms with Crippen molar-refractivity contribution < 1.29 is 19.3 Å². The molecule has 21 heavy (non-hydrogen) atoms. The third-order valence-electron chi connectivity index (χ3n) is 4.21. The van der Waals surface area contributed by atoms with Crippen molar-refractivity contribution in [3.05, 3.63) is 17.7 Å². The molecule has 1 aliphatic heterocycles. The summed E-state index contributed by atoms with van der Waals surface area (Å²) in [4.78, 5) is 0. The maximum Gasteiger partial charge on any atom is 0.203 e. The van der Waals surface area contributed by atoms with Crippen LogP contribution in [0.15, 0.2) is 12.1 Å². The lowest BCUT2D eigenvalue weighted by Gasteiger charge is -2.24. The first kappa shape index (κ1) is 14.5. The van der Waals surface area contributed by atoms with Gasteiger partial charge in [-0.05, 0) is 30.5 Å². The molecule has 5 heteroatoms.